The number of aromatic nitrogens is 3. The average Bonchev–Trinajstić information content (AvgIpc) is 3.02. The zero-order chi connectivity index (χ0) is 17.6. The Morgan fingerprint density at radius 3 is 2.84 bits per heavy atom. The number of fused-ring (bicyclic) bond motifs is 2. The van der Waals surface area contributed by atoms with Gasteiger partial charge in [-0.25, -0.2) is 15.0 Å². The topological polar surface area (TPSA) is 52.3 Å². The number of rotatable bonds is 2. The van der Waals surface area contributed by atoms with Crippen LogP contribution < -0.4 is 4.74 Å². The SMILES string of the molecule is CCCC1(C)N=C(n2cnc3c(C)c(Br)cnc32)c2ccccc2O1. The standard InChI is InChI=1S/C19H19BrN4O/c1-4-9-19(3)23-17(13-7-5-6-8-15(13)25-19)24-11-22-16-12(2)14(20)10-21-18(16)24/h5-8,10-11H,4,9H2,1-3H3. The van der Waals surface area contributed by atoms with Crippen molar-refractivity contribution in [1.29, 1.82) is 0 Å². The van der Waals surface area contributed by atoms with Crippen molar-refractivity contribution in [3.63, 3.8) is 0 Å². The van der Waals surface area contributed by atoms with Crippen LogP contribution in [0, 0.1) is 6.92 Å². The minimum atomic E-state index is -0.584. The molecule has 1 unspecified atom stereocenters. The Bertz CT molecular complexity index is 994. The smallest absolute Gasteiger partial charge is 0.199 e. The minimum absolute atomic E-state index is 0.584. The summed E-state index contributed by atoms with van der Waals surface area (Å²) < 4.78 is 9.11. The molecule has 0 saturated carbocycles. The van der Waals surface area contributed by atoms with Crippen molar-refractivity contribution >= 4 is 32.9 Å². The van der Waals surface area contributed by atoms with Crippen LogP contribution in [-0.4, -0.2) is 26.1 Å². The van der Waals surface area contributed by atoms with Crippen molar-refractivity contribution in [3.8, 4) is 5.75 Å². The van der Waals surface area contributed by atoms with E-state index in [1.54, 1.807) is 6.33 Å². The molecule has 5 nitrogen and oxygen atoms in total. The predicted octanol–water partition coefficient (Wildman–Crippen LogP) is 4.71. The minimum Gasteiger partial charge on any atom is -0.466 e. The quantitative estimate of drug-likeness (QED) is 0.628. The van der Waals surface area contributed by atoms with Crippen LogP contribution in [0.25, 0.3) is 11.2 Å². The molecule has 6 heteroatoms. The molecule has 3 heterocycles. The molecule has 0 saturated heterocycles. The lowest BCUT2D eigenvalue weighted by Gasteiger charge is -2.33. The molecule has 1 atom stereocenters. The summed E-state index contributed by atoms with van der Waals surface area (Å²) in [5.41, 5.74) is 3.12. The van der Waals surface area contributed by atoms with Crippen LogP contribution in [0.3, 0.4) is 0 Å². The van der Waals surface area contributed by atoms with Crippen LogP contribution >= 0.6 is 15.9 Å². The molecule has 4 rings (SSSR count). The first kappa shape index (κ1) is 16.3. The lowest BCUT2D eigenvalue weighted by atomic mass is 10.1. The molecule has 2 aromatic heterocycles. The van der Waals surface area contributed by atoms with Gasteiger partial charge in [0, 0.05) is 17.1 Å². The number of benzene rings is 1. The van der Waals surface area contributed by atoms with Gasteiger partial charge in [-0.15, -0.1) is 0 Å². The van der Waals surface area contributed by atoms with Crippen LogP contribution in [-0.2, 0) is 0 Å². The van der Waals surface area contributed by atoms with Crippen LogP contribution in [0.15, 0.2) is 46.3 Å². The van der Waals surface area contributed by atoms with Gasteiger partial charge < -0.3 is 4.74 Å². The molecule has 1 aliphatic heterocycles. The van der Waals surface area contributed by atoms with Crippen LogP contribution in [0.2, 0.25) is 0 Å². The van der Waals surface area contributed by atoms with Gasteiger partial charge in [-0.2, -0.15) is 0 Å². The summed E-state index contributed by atoms with van der Waals surface area (Å²) in [6.07, 6.45) is 5.44. The molecule has 0 aliphatic carbocycles. The Hall–Kier alpha value is -2.21. The molecule has 0 fully saturated rings. The predicted molar refractivity (Wildman–Crippen MR) is 102 cm³/mol. The summed E-state index contributed by atoms with van der Waals surface area (Å²) in [5, 5.41) is 0. The first-order valence-electron chi connectivity index (χ1n) is 8.39. The second kappa shape index (κ2) is 5.95. The third-order valence-electron chi connectivity index (χ3n) is 4.50. The van der Waals surface area contributed by atoms with E-state index >= 15 is 0 Å². The van der Waals surface area contributed by atoms with Crippen molar-refractivity contribution in [2.45, 2.75) is 39.3 Å². The van der Waals surface area contributed by atoms with Crippen LogP contribution in [0.5, 0.6) is 5.75 Å². The number of para-hydroxylation sites is 1. The number of nitrogens with zero attached hydrogens (tertiary/aromatic N) is 4. The molecule has 1 aliphatic rings. The second-order valence-corrected chi connectivity index (χ2v) is 7.33. The van der Waals surface area contributed by atoms with E-state index in [-0.39, 0.29) is 0 Å². The van der Waals surface area contributed by atoms with Gasteiger partial charge in [0.05, 0.1) is 5.56 Å². The van der Waals surface area contributed by atoms with Gasteiger partial charge in [-0.05, 0) is 47.5 Å². The number of aliphatic imine (C=N–C) groups is 1. The van der Waals surface area contributed by atoms with Crippen molar-refractivity contribution < 1.29 is 4.74 Å². The molecule has 25 heavy (non-hydrogen) atoms. The summed E-state index contributed by atoms with van der Waals surface area (Å²) in [4.78, 5) is 14.1. The lowest BCUT2D eigenvalue weighted by Crippen LogP contribution is -2.37. The fraction of sp³-hybridized carbons (Fsp3) is 0.316. The Labute approximate surface area is 154 Å². The van der Waals surface area contributed by atoms with E-state index < -0.39 is 5.72 Å². The van der Waals surface area contributed by atoms with E-state index in [2.05, 4.69) is 32.8 Å². The fourth-order valence-electron chi connectivity index (χ4n) is 3.25. The molecule has 0 spiro atoms. The summed E-state index contributed by atoms with van der Waals surface area (Å²) in [5.74, 6) is 1.67. The van der Waals surface area contributed by atoms with E-state index in [4.69, 9.17) is 9.73 Å². The molecule has 0 N–H and O–H groups in total. The highest BCUT2D eigenvalue weighted by Crippen LogP contribution is 2.34. The van der Waals surface area contributed by atoms with E-state index in [0.717, 1.165) is 51.2 Å². The zero-order valence-corrected chi connectivity index (χ0v) is 16.0. The molecular formula is C19H19BrN4O. The molecule has 0 radical (unpaired) electrons. The number of hydrogen-bond acceptors (Lipinski definition) is 4. The molecule has 0 bridgehead atoms. The maximum atomic E-state index is 6.19. The fourth-order valence-corrected chi connectivity index (χ4v) is 3.54. The maximum Gasteiger partial charge on any atom is 0.199 e. The normalized spacial score (nSPS) is 19.4. The van der Waals surface area contributed by atoms with Crippen LogP contribution in [0.4, 0.5) is 0 Å². The summed E-state index contributed by atoms with van der Waals surface area (Å²) in [6.45, 7) is 6.20. The Morgan fingerprint density at radius 1 is 1.24 bits per heavy atom. The van der Waals surface area contributed by atoms with Crippen molar-refractivity contribution in [2.75, 3.05) is 0 Å². The van der Waals surface area contributed by atoms with Gasteiger partial charge in [-0.3, -0.25) is 4.57 Å². The molecular weight excluding hydrogens is 380 g/mol. The van der Waals surface area contributed by atoms with Gasteiger partial charge in [0.15, 0.2) is 11.4 Å². The largest absolute Gasteiger partial charge is 0.466 e. The van der Waals surface area contributed by atoms with Crippen LogP contribution in [0.1, 0.15) is 37.8 Å². The third kappa shape index (κ3) is 2.65. The lowest BCUT2D eigenvalue weighted by molar-refractivity contribution is 0.0832. The van der Waals surface area contributed by atoms with Crippen molar-refractivity contribution in [2.24, 2.45) is 4.99 Å². The highest BCUT2D eigenvalue weighted by Gasteiger charge is 2.33. The summed E-state index contributed by atoms with van der Waals surface area (Å²) in [7, 11) is 0. The first-order valence-corrected chi connectivity index (χ1v) is 9.18. The molecule has 1 aromatic carbocycles. The second-order valence-electron chi connectivity index (χ2n) is 6.48. The molecule has 0 amide bonds. The van der Waals surface area contributed by atoms with Gasteiger partial charge in [0.2, 0.25) is 0 Å². The van der Waals surface area contributed by atoms with Gasteiger partial charge >= 0.3 is 0 Å². The zero-order valence-electron chi connectivity index (χ0n) is 14.5. The number of ether oxygens (including phenoxy) is 1. The Morgan fingerprint density at radius 2 is 2.04 bits per heavy atom. The number of aryl methyl sites for hydroxylation is 1. The number of pyridine rings is 1. The molecule has 128 valence electrons. The van der Waals surface area contributed by atoms with E-state index in [1.165, 1.54) is 0 Å². The van der Waals surface area contributed by atoms with Gasteiger partial charge in [-0.1, -0.05) is 25.5 Å². The average molecular weight is 399 g/mol. The summed E-state index contributed by atoms with van der Waals surface area (Å²) >= 11 is 3.52. The summed E-state index contributed by atoms with van der Waals surface area (Å²) in [6, 6.07) is 8.00. The van der Waals surface area contributed by atoms with E-state index in [1.807, 2.05) is 48.9 Å². The third-order valence-corrected chi connectivity index (χ3v) is 5.30. The van der Waals surface area contributed by atoms with Crippen molar-refractivity contribution in [1.82, 2.24) is 14.5 Å². The highest BCUT2D eigenvalue weighted by atomic mass is 79.9. The monoisotopic (exact) mass is 398 g/mol. The maximum absolute atomic E-state index is 6.19. The molecule has 3 aromatic rings. The van der Waals surface area contributed by atoms with E-state index in [9.17, 15) is 0 Å². The Balaban J connectivity index is 1.96. The van der Waals surface area contributed by atoms with E-state index in [0.29, 0.717) is 0 Å². The van der Waals surface area contributed by atoms with Gasteiger partial charge in [0.1, 0.15) is 23.4 Å². The number of halogens is 1. The number of imidazole rings is 1. The highest BCUT2D eigenvalue weighted by molar-refractivity contribution is 9.10. The first-order chi connectivity index (χ1) is 12.0. The Kier molecular flexibility index (Phi) is 3.87. The van der Waals surface area contributed by atoms with Gasteiger partial charge in [0.25, 0.3) is 0 Å². The van der Waals surface area contributed by atoms with Crippen molar-refractivity contribution in [3.05, 3.63) is 52.4 Å². The number of hydrogen-bond donors (Lipinski definition) is 0.